The van der Waals surface area contributed by atoms with Gasteiger partial charge in [-0.1, -0.05) is 37.3 Å². The van der Waals surface area contributed by atoms with Crippen LogP contribution in [-0.2, 0) is 22.9 Å². The molecule has 33 heavy (non-hydrogen) atoms. The van der Waals surface area contributed by atoms with Crippen molar-refractivity contribution in [1.82, 2.24) is 9.97 Å². The standard InChI is InChI=1S/C25H24N4O3S/c1-2-19-17-27-25(29-24(19)16-18-7-6-10-23(15-18)33(26,30)31)28-20-11-13-22(14-12-20)32-21-8-4-3-5-9-21/h3-15,17H,2,16H2,1H3,(H2,26,30,31)(H,27,28,29). The number of aromatic nitrogens is 2. The first kappa shape index (κ1) is 22.4. The van der Waals surface area contributed by atoms with Crippen LogP contribution >= 0.6 is 0 Å². The number of primary sulfonamides is 1. The van der Waals surface area contributed by atoms with Crippen molar-refractivity contribution >= 4 is 21.7 Å². The molecule has 0 saturated carbocycles. The highest BCUT2D eigenvalue weighted by Crippen LogP contribution is 2.24. The van der Waals surface area contributed by atoms with Gasteiger partial charge >= 0.3 is 0 Å². The van der Waals surface area contributed by atoms with Crippen molar-refractivity contribution in [2.45, 2.75) is 24.7 Å². The quantitative estimate of drug-likeness (QED) is 0.391. The van der Waals surface area contributed by atoms with Gasteiger partial charge in [0.25, 0.3) is 0 Å². The van der Waals surface area contributed by atoms with Crippen molar-refractivity contribution in [2.24, 2.45) is 5.14 Å². The Morgan fingerprint density at radius 3 is 2.36 bits per heavy atom. The zero-order valence-corrected chi connectivity index (χ0v) is 18.9. The van der Waals surface area contributed by atoms with Gasteiger partial charge in [0.05, 0.1) is 10.6 Å². The van der Waals surface area contributed by atoms with E-state index in [1.54, 1.807) is 18.3 Å². The summed E-state index contributed by atoms with van der Waals surface area (Å²) in [7, 11) is -3.76. The molecular weight excluding hydrogens is 436 g/mol. The molecule has 4 rings (SSSR count). The van der Waals surface area contributed by atoms with Gasteiger partial charge in [-0.15, -0.1) is 0 Å². The van der Waals surface area contributed by atoms with E-state index in [2.05, 4.69) is 15.3 Å². The Balaban J connectivity index is 1.51. The molecule has 0 bridgehead atoms. The number of nitrogens with two attached hydrogens (primary N) is 1. The average molecular weight is 461 g/mol. The molecule has 0 fully saturated rings. The molecule has 0 aliphatic carbocycles. The summed E-state index contributed by atoms with van der Waals surface area (Å²) in [6, 6.07) is 23.7. The number of sulfonamides is 1. The lowest BCUT2D eigenvalue weighted by atomic mass is 10.1. The summed E-state index contributed by atoms with van der Waals surface area (Å²) in [5.74, 6) is 1.96. The average Bonchev–Trinajstić information content (AvgIpc) is 2.81. The third-order valence-corrected chi connectivity index (χ3v) is 5.93. The van der Waals surface area contributed by atoms with Crippen LogP contribution < -0.4 is 15.2 Å². The topological polar surface area (TPSA) is 107 Å². The third kappa shape index (κ3) is 5.94. The zero-order valence-electron chi connectivity index (χ0n) is 18.1. The minimum atomic E-state index is -3.76. The maximum absolute atomic E-state index is 11.7. The molecular formula is C25H24N4O3S. The van der Waals surface area contributed by atoms with E-state index in [4.69, 9.17) is 9.88 Å². The van der Waals surface area contributed by atoms with Crippen LogP contribution in [0.15, 0.2) is 90.0 Å². The maximum atomic E-state index is 11.7. The van der Waals surface area contributed by atoms with Crippen molar-refractivity contribution in [2.75, 3.05) is 5.32 Å². The first-order valence-electron chi connectivity index (χ1n) is 10.5. The summed E-state index contributed by atoms with van der Waals surface area (Å²) in [6.07, 6.45) is 3.02. The highest BCUT2D eigenvalue weighted by Gasteiger charge is 2.11. The number of para-hydroxylation sites is 1. The molecule has 0 aliphatic heterocycles. The highest BCUT2D eigenvalue weighted by molar-refractivity contribution is 7.89. The highest BCUT2D eigenvalue weighted by atomic mass is 32.2. The fraction of sp³-hybridized carbons (Fsp3) is 0.120. The van der Waals surface area contributed by atoms with Crippen LogP contribution in [0.5, 0.6) is 11.5 Å². The monoisotopic (exact) mass is 460 g/mol. The summed E-state index contributed by atoms with van der Waals surface area (Å²) < 4.78 is 29.2. The van der Waals surface area contributed by atoms with Gasteiger partial charge in [-0.3, -0.25) is 0 Å². The van der Waals surface area contributed by atoms with Crippen molar-refractivity contribution in [3.63, 3.8) is 0 Å². The van der Waals surface area contributed by atoms with Crippen LogP contribution in [-0.4, -0.2) is 18.4 Å². The zero-order chi connectivity index (χ0) is 23.3. The normalized spacial score (nSPS) is 11.2. The van der Waals surface area contributed by atoms with E-state index in [0.29, 0.717) is 12.4 Å². The van der Waals surface area contributed by atoms with Gasteiger partial charge < -0.3 is 10.1 Å². The van der Waals surface area contributed by atoms with E-state index >= 15 is 0 Å². The van der Waals surface area contributed by atoms with Gasteiger partial charge in [0.1, 0.15) is 11.5 Å². The molecule has 1 heterocycles. The number of hydrogen-bond acceptors (Lipinski definition) is 6. The van der Waals surface area contributed by atoms with E-state index < -0.39 is 10.0 Å². The lowest BCUT2D eigenvalue weighted by Crippen LogP contribution is -2.12. The van der Waals surface area contributed by atoms with Crippen molar-refractivity contribution in [3.8, 4) is 11.5 Å². The van der Waals surface area contributed by atoms with Crippen LogP contribution in [0.1, 0.15) is 23.7 Å². The SMILES string of the molecule is CCc1cnc(Nc2ccc(Oc3ccccc3)cc2)nc1Cc1cccc(S(N)(=O)=O)c1. The maximum Gasteiger partial charge on any atom is 0.238 e. The summed E-state index contributed by atoms with van der Waals surface area (Å²) in [5.41, 5.74) is 3.45. The van der Waals surface area contributed by atoms with Crippen LogP contribution in [0.25, 0.3) is 0 Å². The van der Waals surface area contributed by atoms with Crippen molar-refractivity contribution < 1.29 is 13.2 Å². The van der Waals surface area contributed by atoms with E-state index in [-0.39, 0.29) is 4.90 Å². The number of hydrogen-bond donors (Lipinski definition) is 2. The van der Waals surface area contributed by atoms with Crippen LogP contribution in [0.2, 0.25) is 0 Å². The Labute approximate surface area is 193 Å². The Morgan fingerprint density at radius 1 is 0.939 bits per heavy atom. The van der Waals surface area contributed by atoms with Crippen molar-refractivity contribution in [3.05, 3.63) is 102 Å². The molecule has 3 N–H and O–H groups in total. The van der Waals surface area contributed by atoms with Crippen LogP contribution in [0.4, 0.5) is 11.6 Å². The molecule has 0 radical (unpaired) electrons. The fourth-order valence-electron chi connectivity index (χ4n) is 3.34. The molecule has 1 aromatic heterocycles. The second-order valence-corrected chi connectivity index (χ2v) is 9.01. The Bertz CT molecular complexity index is 1340. The number of anilines is 2. The first-order valence-corrected chi connectivity index (χ1v) is 12.0. The molecule has 0 unspecified atom stereocenters. The van der Waals surface area contributed by atoms with Gasteiger partial charge in [0, 0.05) is 18.3 Å². The number of nitrogens with one attached hydrogen (secondary N) is 1. The molecule has 0 atom stereocenters. The smallest absolute Gasteiger partial charge is 0.238 e. The summed E-state index contributed by atoms with van der Waals surface area (Å²) in [5, 5.41) is 8.48. The lowest BCUT2D eigenvalue weighted by molar-refractivity contribution is 0.483. The molecule has 7 nitrogen and oxygen atoms in total. The molecule has 0 aliphatic rings. The summed E-state index contributed by atoms with van der Waals surface area (Å²) >= 11 is 0. The Kier molecular flexibility index (Phi) is 6.67. The Morgan fingerprint density at radius 2 is 1.67 bits per heavy atom. The Hall–Kier alpha value is -3.75. The van der Waals surface area contributed by atoms with Gasteiger partial charge in [0.15, 0.2) is 0 Å². The number of benzene rings is 3. The first-order chi connectivity index (χ1) is 15.9. The fourth-order valence-corrected chi connectivity index (χ4v) is 3.92. The van der Waals surface area contributed by atoms with E-state index in [1.165, 1.54) is 6.07 Å². The van der Waals surface area contributed by atoms with Gasteiger partial charge in [-0.2, -0.15) is 0 Å². The molecule has 0 amide bonds. The number of rotatable bonds is 8. The molecule has 4 aromatic rings. The number of aryl methyl sites for hydroxylation is 1. The van der Waals surface area contributed by atoms with Crippen LogP contribution in [0.3, 0.4) is 0 Å². The molecule has 0 spiro atoms. The summed E-state index contributed by atoms with van der Waals surface area (Å²) in [6.45, 7) is 2.03. The lowest BCUT2D eigenvalue weighted by Gasteiger charge is -2.12. The largest absolute Gasteiger partial charge is 0.457 e. The van der Waals surface area contributed by atoms with E-state index in [9.17, 15) is 8.42 Å². The molecule has 168 valence electrons. The number of nitrogens with zero attached hydrogens (tertiary/aromatic N) is 2. The van der Waals surface area contributed by atoms with Crippen molar-refractivity contribution in [1.29, 1.82) is 0 Å². The van der Waals surface area contributed by atoms with Crippen LogP contribution in [0, 0.1) is 0 Å². The predicted octanol–water partition coefficient (Wildman–Crippen LogP) is 4.81. The van der Waals surface area contributed by atoms with Gasteiger partial charge in [0.2, 0.25) is 16.0 Å². The minimum absolute atomic E-state index is 0.0864. The van der Waals surface area contributed by atoms with E-state index in [1.807, 2.05) is 67.6 Å². The summed E-state index contributed by atoms with van der Waals surface area (Å²) in [4.78, 5) is 9.19. The van der Waals surface area contributed by atoms with Gasteiger partial charge in [-0.05, 0) is 66.1 Å². The molecule has 8 heteroatoms. The predicted molar refractivity (Wildman–Crippen MR) is 128 cm³/mol. The third-order valence-electron chi connectivity index (χ3n) is 5.02. The van der Waals surface area contributed by atoms with Gasteiger partial charge in [-0.25, -0.2) is 23.5 Å². The minimum Gasteiger partial charge on any atom is -0.457 e. The molecule has 3 aromatic carbocycles. The second kappa shape index (κ2) is 9.81. The van der Waals surface area contributed by atoms with E-state index in [0.717, 1.165) is 40.4 Å². The number of ether oxygens (including phenoxy) is 1. The second-order valence-electron chi connectivity index (χ2n) is 7.45. The molecule has 0 saturated heterocycles.